The van der Waals surface area contributed by atoms with Crippen LogP contribution in [0.4, 0.5) is 13.2 Å². The monoisotopic (exact) mass is 299 g/mol. The van der Waals surface area contributed by atoms with E-state index in [-0.39, 0.29) is 5.41 Å². The van der Waals surface area contributed by atoms with Crippen LogP contribution < -0.4 is 5.32 Å². The van der Waals surface area contributed by atoms with Gasteiger partial charge < -0.3 is 5.32 Å². The van der Waals surface area contributed by atoms with Crippen LogP contribution in [0.5, 0.6) is 0 Å². The lowest BCUT2D eigenvalue weighted by atomic mass is 9.70. The van der Waals surface area contributed by atoms with Gasteiger partial charge in [0.1, 0.15) is 0 Å². The van der Waals surface area contributed by atoms with E-state index in [0.717, 1.165) is 25.1 Å². The molecule has 0 heterocycles. The molecule has 0 saturated heterocycles. The molecule has 0 bridgehead atoms. The van der Waals surface area contributed by atoms with Crippen LogP contribution in [0.2, 0.25) is 0 Å². The van der Waals surface area contributed by atoms with Crippen molar-refractivity contribution in [2.45, 2.75) is 51.6 Å². The second-order valence-corrected chi connectivity index (χ2v) is 6.21. The topological polar surface area (TPSA) is 12.0 Å². The van der Waals surface area contributed by atoms with E-state index in [2.05, 4.69) is 12.2 Å². The Morgan fingerprint density at radius 1 is 1.05 bits per heavy atom. The van der Waals surface area contributed by atoms with Crippen molar-refractivity contribution in [1.29, 1.82) is 0 Å². The van der Waals surface area contributed by atoms with E-state index in [1.54, 1.807) is 12.1 Å². The summed E-state index contributed by atoms with van der Waals surface area (Å²) >= 11 is 0. The van der Waals surface area contributed by atoms with Crippen LogP contribution >= 0.6 is 0 Å². The molecule has 1 nitrogen and oxygen atoms in total. The van der Waals surface area contributed by atoms with Crippen molar-refractivity contribution in [3.8, 4) is 0 Å². The lowest BCUT2D eigenvalue weighted by Crippen LogP contribution is -2.37. The molecule has 4 heteroatoms. The molecule has 1 aliphatic carbocycles. The van der Waals surface area contributed by atoms with Crippen LogP contribution in [0, 0.1) is 5.41 Å². The number of nitrogens with one attached hydrogen (secondary N) is 1. The van der Waals surface area contributed by atoms with E-state index < -0.39 is 11.7 Å². The zero-order chi connectivity index (χ0) is 15.3. The van der Waals surface area contributed by atoms with E-state index in [1.165, 1.54) is 44.2 Å². The van der Waals surface area contributed by atoms with Gasteiger partial charge >= 0.3 is 6.18 Å². The fraction of sp³-hybridized carbons (Fsp3) is 0.647. The van der Waals surface area contributed by atoms with Crippen LogP contribution in [0.1, 0.15) is 50.2 Å². The van der Waals surface area contributed by atoms with Crippen LogP contribution in [-0.4, -0.2) is 13.1 Å². The van der Waals surface area contributed by atoms with Gasteiger partial charge in [0.25, 0.3) is 0 Å². The average molecular weight is 299 g/mol. The molecule has 21 heavy (non-hydrogen) atoms. The summed E-state index contributed by atoms with van der Waals surface area (Å²) in [6.45, 7) is 3.99. The second-order valence-electron chi connectivity index (χ2n) is 6.21. The summed E-state index contributed by atoms with van der Waals surface area (Å²) in [5, 5.41) is 3.43. The first kappa shape index (κ1) is 16.3. The van der Waals surface area contributed by atoms with Gasteiger partial charge in [-0.2, -0.15) is 13.2 Å². The van der Waals surface area contributed by atoms with E-state index in [9.17, 15) is 13.2 Å². The quantitative estimate of drug-likeness (QED) is 0.823. The lowest BCUT2D eigenvalue weighted by molar-refractivity contribution is -0.137. The lowest BCUT2D eigenvalue weighted by Gasteiger charge is -2.38. The number of rotatable bonds is 5. The molecule has 1 aliphatic rings. The van der Waals surface area contributed by atoms with E-state index in [0.29, 0.717) is 0 Å². The first-order chi connectivity index (χ1) is 9.95. The van der Waals surface area contributed by atoms with E-state index in [4.69, 9.17) is 0 Å². The first-order valence-electron chi connectivity index (χ1n) is 7.82. The van der Waals surface area contributed by atoms with Crippen LogP contribution in [0.3, 0.4) is 0 Å². The minimum absolute atomic E-state index is 0.216. The molecule has 0 aliphatic heterocycles. The molecule has 1 aromatic carbocycles. The Kier molecular flexibility index (Phi) is 5.31. The SMILES string of the molecule is CCNCC1(Cc2ccc(C(F)(F)F)cc2)CCCCC1. The normalized spacial score (nSPS) is 18.7. The Bertz CT molecular complexity index is 430. The van der Waals surface area contributed by atoms with Crippen molar-refractivity contribution >= 4 is 0 Å². The Morgan fingerprint density at radius 3 is 2.19 bits per heavy atom. The van der Waals surface area contributed by atoms with Crippen molar-refractivity contribution in [3.05, 3.63) is 35.4 Å². The van der Waals surface area contributed by atoms with Gasteiger partial charge in [-0.05, 0) is 48.9 Å². The summed E-state index contributed by atoms with van der Waals surface area (Å²) in [7, 11) is 0. The number of halogens is 3. The molecule has 0 atom stereocenters. The van der Waals surface area contributed by atoms with Gasteiger partial charge in [-0.25, -0.2) is 0 Å². The zero-order valence-corrected chi connectivity index (χ0v) is 12.6. The largest absolute Gasteiger partial charge is 0.416 e. The van der Waals surface area contributed by atoms with Crippen LogP contribution in [0.15, 0.2) is 24.3 Å². The highest BCUT2D eigenvalue weighted by Gasteiger charge is 2.33. The molecule has 0 radical (unpaired) electrons. The predicted molar refractivity (Wildman–Crippen MR) is 79.2 cm³/mol. The number of benzene rings is 1. The third kappa shape index (κ3) is 4.47. The first-order valence-corrected chi connectivity index (χ1v) is 7.82. The minimum Gasteiger partial charge on any atom is -0.316 e. The molecule has 0 spiro atoms. The Labute approximate surface area is 124 Å². The summed E-state index contributed by atoms with van der Waals surface area (Å²) in [6, 6.07) is 5.70. The van der Waals surface area contributed by atoms with Crippen molar-refractivity contribution in [2.75, 3.05) is 13.1 Å². The molecule has 2 rings (SSSR count). The van der Waals surface area contributed by atoms with Gasteiger partial charge in [0.2, 0.25) is 0 Å². The predicted octanol–water partition coefficient (Wildman–Crippen LogP) is 4.81. The van der Waals surface area contributed by atoms with Gasteiger partial charge in [0, 0.05) is 6.54 Å². The van der Waals surface area contributed by atoms with Crippen LogP contribution in [0.25, 0.3) is 0 Å². The fourth-order valence-electron chi connectivity index (χ4n) is 3.35. The molecule has 0 aromatic heterocycles. The standard InChI is InChI=1S/C17H24F3N/c1-2-21-13-16(10-4-3-5-11-16)12-14-6-8-15(9-7-14)17(18,19)20/h6-9,21H,2-5,10-13H2,1H3. The van der Waals surface area contributed by atoms with Gasteiger partial charge in [-0.1, -0.05) is 38.3 Å². The van der Waals surface area contributed by atoms with Crippen molar-refractivity contribution < 1.29 is 13.2 Å². The van der Waals surface area contributed by atoms with Crippen molar-refractivity contribution in [1.82, 2.24) is 5.32 Å². The molecule has 1 fully saturated rings. The average Bonchev–Trinajstić information content (AvgIpc) is 2.46. The number of hydrogen-bond acceptors (Lipinski definition) is 1. The molecule has 1 N–H and O–H groups in total. The highest BCUT2D eigenvalue weighted by molar-refractivity contribution is 5.25. The molecule has 1 aromatic rings. The highest BCUT2D eigenvalue weighted by atomic mass is 19.4. The molecule has 118 valence electrons. The molecule has 1 saturated carbocycles. The molecular weight excluding hydrogens is 275 g/mol. The Morgan fingerprint density at radius 2 is 1.67 bits per heavy atom. The third-order valence-electron chi connectivity index (χ3n) is 4.52. The number of hydrogen-bond donors (Lipinski definition) is 1. The van der Waals surface area contributed by atoms with Gasteiger partial charge in [-0.15, -0.1) is 0 Å². The summed E-state index contributed by atoms with van der Waals surface area (Å²) < 4.78 is 37.8. The minimum atomic E-state index is -4.25. The summed E-state index contributed by atoms with van der Waals surface area (Å²) in [6.07, 6.45) is 2.70. The van der Waals surface area contributed by atoms with E-state index >= 15 is 0 Å². The Balaban J connectivity index is 2.09. The molecule has 0 amide bonds. The molecular formula is C17H24F3N. The van der Waals surface area contributed by atoms with Gasteiger partial charge in [0.05, 0.1) is 5.56 Å². The van der Waals surface area contributed by atoms with Crippen molar-refractivity contribution in [3.63, 3.8) is 0 Å². The zero-order valence-electron chi connectivity index (χ0n) is 12.6. The summed E-state index contributed by atoms with van der Waals surface area (Å²) in [5.74, 6) is 0. The van der Waals surface area contributed by atoms with Crippen LogP contribution in [-0.2, 0) is 12.6 Å². The Hall–Kier alpha value is -1.03. The maximum Gasteiger partial charge on any atom is 0.416 e. The van der Waals surface area contributed by atoms with Gasteiger partial charge in [-0.3, -0.25) is 0 Å². The maximum absolute atomic E-state index is 12.6. The second kappa shape index (κ2) is 6.82. The number of alkyl halides is 3. The third-order valence-corrected chi connectivity index (χ3v) is 4.52. The maximum atomic E-state index is 12.6. The summed E-state index contributed by atoms with van der Waals surface area (Å²) in [5.41, 5.74) is 0.673. The highest BCUT2D eigenvalue weighted by Crippen LogP contribution is 2.39. The van der Waals surface area contributed by atoms with Gasteiger partial charge in [0.15, 0.2) is 0 Å². The summed E-state index contributed by atoms with van der Waals surface area (Å²) in [4.78, 5) is 0. The fourth-order valence-corrected chi connectivity index (χ4v) is 3.35. The smallest absolute Gasteiger partial charge is 0.316 e. The molecule has 0 unspecified atom stereocenters. The van der Waals surface area contributed by atoms with E-state index in [1.807, 2.05) is 0 Å². The van der Waals surface area contributed by atoms with Crippen molar-refractivity contribution in [2.24, 2.45) is 5.41 Å².